The molecule has 6 heterocycles. The zero-order valence-corrected chi connectivity index (χ0v) is 41.4. The van der Waals surface area contributed by atoms with Gasteiger partial charge in [-0.1, -0.05) is 38.1 Å². The smallest absolute Gasteiger partial charge is 0.293 e. The van der Waals surface area contributed by atoms with Crippen molar-refractivity contribution in [3.8, 4) is 11.5 Å². The van der Waals surface area contributed by atoms with Crippen LogP contribution in [0.3, 0.4) is 0 Å². The molecule has 3 N–H and O–H groups in total. The van der Waals surface area contributed by atoms with Gasteiger partial charge in [-0.3, -0.25) is 24.8 Å². The number of amides is 1. The zero-order valence-electron chi connectivity index (χ0n) is 40.6. The van der Waals surface area contributed by atoms with E-state index in [1.165, 1.54) is 23.4 Å². The van der Waals surface area contributed by atoms with Crippen molar-refractivity contribution in [2.75, 3.05) is 67.6 Å². The van der Waals surface area contributed by atoms with E-state index in [1.54, 1.807) is 18.3 Å². The van der Waals surface area contributed by atoms with E-state index in [9.17, 15) is 23.3 Å². The number of nitrogens with one attached hydrogen (secondary N) is 3. The highest BCUT2D eigenvalue weighted by Crippen LogP contribution is 2.55. The van der Waals surface area contributed by atoms with Gasteiger partial charge in [0.15, 0.2) is 0 Å². The third-order valence-corrected chi connectivity index (χ3v) is 16.8. The van der Waals surface area contributed by atoms with Gasteiger partial charge in [0.25, 0.3) is 21.6 Å². The third-order valence-electron chi connectivity index (χ3n) is 15.5. The van der Waals surface area contributed by atoms with Gasteiger partial charge >= 0.3 is 0 Å². The number of piperazine rings is 1. The maximum absolute atomic E-state index is 16.6. The Hall–Kier alpha value is -6.70. The summed E-state index contributed by atoms with van der Waals surface area (Å²) in [6, 6.07) is 22.2. The molecule has 1 atom stereocenters. The number of H-pyrrole nitrogens is 1. The number of fused-ring (bicyclic) bond motifs is 1. The lowest BCUT2D eigenvalue weighted by Gasteiger charge is -2.61. The fourth-order valence-electron chi connectivity index (χ4n) is 11.4. The highest BCUT2D eigenvalue weighted by molar-refractivity contribution is 7.90. The van der Waals surface area contributed by atoms with Crippen molar-refractivity contribution in [2.45, 2.75) is 87.4 Å². The maximum Gasteiger partial charge on any atom is 0.293 e. The Kier molecular flexibility index (Phi) is 13.2. The summed E-state index contributed by atoms with van der Waals surface area (Å²) in [4.78, 5) is 43.6. The number of hydrogen-bond acceptors (Lipinski definition) is 13. The first-order valence-electron chi connectivity index (χ1n) is 24.6. The van der Waals surface area contributed by atoms with Crippen molar-refractivity contribution in [3.63, 3.8) is 0 Å². The fourth-order valence-corrected chi connectivity index (χ4v) is 12.4. The molecule has 10 rings (SSSR count). The molecule has 0 radical (unpaired) electrons. The molecule has 3 aromatic heterocycles. The summed E-state index contributed by atoms with van der Waals surface area (Å²) >= 11 is 0. The van der Waals surface area contributed by atoms with Crippen molar-refractivity contribution >= 4 is 49.7 Å². The minimum absolute atomic E-state index is 0.0765. The van der Waals surface area contributed by atoms with Crippen LogP contribution in [0.1, 0.15) is 86.7 Å². The summed E-state index contributed by atoms with van der Waals surface area (Å²) in [6.07, 6.45) is 10.7. The molecule has 6 aromatic rings. The first kappa shape index (κ1) is 48.9. The van der Waals surface area contributed by atoms with Gasteiger partial charge in [0.2, 0.25) is 0 Å². The van der Waals surface area contributed by atoms with Gasteiger partial charge in [-0.05, 0) is 97.5 Å². The van der Waals surface area contributed by atoms with E-state index < -0.39 is 48.5 Å². The van der Waals surface area contributed by atoms with Gasteiger partial charge in [0, 0.05) is 113 Å². The quantitative estimate of drug-likeness (QED) is 0.0692. The van der Waals surface area contributed by atoms with E-state index in [0.717, 1.165) is 75.3 Å². The first-order chi connectivity index (χ1) is 34.5. The second-order valence-electron chi connectivity index (χ2n) is 20.4. The van der Waals surface area contributed by atoms with Crippen molar-refractivity contribution in [3.05, 3.63) is 136 Å². The third kappa shape index (κ3) is 9.68. The normalized spacial score (nSPS) is 20.4. The molecule has 1 spiro atoms. The van der Waals surface area contributed by atoms with Crippen molar-refractivity contribution in [2.24, 2.45) is 5.41 Å². The molecular formula is C53H59F2N9O7S. The van der Waals surface area contributed by atoms with E-state index in [2.05, 4.69) is 87.2 Å². The Morgan fingerprint density at radius 1 is 0.972 bits per heavy atom. The van der Waals surface area contributed by atoms with Gasteiger partial charge in [-0.15, -0.1) is 0 Å². The number of hydrogen-bond donors (Lipinski definition) is 3. The largest absolute Gasteiger partial charge is 0.455 e. The van der Waals surface area contributed by atoms with Crippen LogP contribution in [-0.4, -0.2) is 103 Å². The van der Waals surface area contributed by atoms with Gasteiger partial charge in [-0.2, -0.15) is 0 Å². The Balaban J connectivity index is 0.871. The Bertz CT molecular complexity index is 3100. The lowest BCUT2D eigenvalue weighted by atomic mass is 9.59. The van der Waals surface area contributed by atoms with E-state index in [-0.39, 0.29) is 66.4 Å². The Morgan fingerprint density at radius 3 is 2.46 bits per heavy atom. The van der Waals surface area contributed by atoms with E-state index in [4.69, 9.17) is 9.47 Å². The van der Waals surface area contributed by atoms with E-state index in [0.29, 0.717) is 36.1 Å². The highest BCUT2D eigenvalue weighted by atomic mass is 32.2. The van der Waals surface area contributed by atoms with E-state index >= 15 is 8.78 Å². The summed E-state index contributed by atoms with van der Waals surface area (Å²) in [6.45, 7) is 10.8. The molecule has 1 saturated carbocycles. The predicted molar refractivity (Wildman–Crippen MR) is 271 cm³/mol. The summed E-state index contributed by atoms with van der Waals surface area (Å²) in [5, 5.41) is 15.6. The maximum atomic E-state index is 16.6. The number of aromatic nitrogens is 3. The zero-order chi connectivity index (χ0) is 50.4. The summed E-state index contributed by atoms with van der Waals surface area (Å²) in [5.41, 5.74) is 1.65. The second kappa shape index (κ2) is 19.4. The predicted octanol–water partition coefficient (Wildman–Crippen LogP) is 9.46. The molecule has 3 aliphatic heterocycles. The van der Waals surface area contributed by atoms with Crippen LogP contribution in [-0.2, 0) is 20.3 Å². The van der Waals surface area contributed by atoms with Crippen LogP contribution in [0.15, 0.2) is 109 Å². The monoisotopic (exact) mass is 1000 g/mol. The number of anilines is 3. The molecule has 19 heteroatoms. The van der Waals surface area contributed by atoms with Gasteiger partial charge in [0.05, 0.1) is 32.8 Å². The number of alkyl halides is 1. The molecule has 3 aromatic carbocycles. The van der Waals surface area contributed by atoms with Gasteiger partial charge in [-0.25, -0.2) is 26.9 Å². The number of nitrogens with zero attached hydrogens (tertiary/aromatic N) is 6. The molecule has 16 nitrogen and oxygen atoms in total. The molecule has 1 unspecified atom stereocenters. The molecule has 4 fully saturated rings. The highest BCUT2D eigenvalue weighted by Gasteiger charge is 2.53. The minimum Gasteiger partial charge on any atom is -0.455 e. The number of piperidine rings is 1. The van der Waals surface area contributed by atoms with Crippen LogP contribution >= 0.6 is 0 Å². The lowest BCUT2D eigenvalue weighted by Crippen LogP contribution is -2.66. The van der Waals surface area contributed by atoms with Crippen LogP contribution in [0.25, 0.3) is 11.0 Å². The number of halogens is 2. The number of carbonyl (C=O) groups excluding carboxylic acids is 1. The van der Waals surface area contributed by atoms with E-state index in [1.807, 2.05) is 22.0 Å². The second-order valence-corrected chi connectivity index (χ2v) is 22.0. The van der Waals surface area contributed by atoms with Crippen molar-refractivity contribution < 1.29 is 36.4 Å². The van der Waals surface area contributed by atoms with Crippen LogP contribution in [0.4, 0.5) is 31.5 Å². The Labute approximate surface area is 417 Å². The Morgan fingerprint density at radius 2 is 1.72 bits per heavy atom. The number of pyridine rings is 2. The summed E-state index contributed by atoms with van der Waals surface area (Å²) in [5.74, 6) is -1.52. The van der Waals surface area contributed by atoms with Crippen LogP contribution in [0.5, 0.6) is 11.5 Å². The molecule has 0 bridgehead atoms. The number of nitro benzene ring substituents is 1. The molecule has 72 heavy (non-hydrogen) atoms. The number of rotatable bonds is 14. The van der Waals surface area contributed by atoms with Gasteiger partial charge in [0.1, 0.15) is 34.3 Å². The number of nitro groups is 1. The molecule has 4 aliphatic rings. The molecule has 1 aliphatic carbocycles. The number of carbonyl (C=O) groups is 1. The minimum atomic E-state index is -4.78. The average molecular weight is 1000 g/mol. The molecular weight excluding hydrogens is 945 g/mol. The van der Waals surface area contributed by atoms with Gasteiger partial charge < -0.3 is 29.6 Å². The first-order valence-corrected chi connectivity index (χ1v) is 26.1. The van der Waals surface area contributed by atoms with Crippen LogP contribution < -0.4 is 24.6 Å². The number of benzene rings is 3. The van der Waals surface area contributed by atoms with Crippen LogP contribution in [0, 0.1) is 21.3 Å². The lowest BCUT2D eigenvalue weighted by molar-refractivity contribution is -0.384. The SMILES string of the molecule is CC(C)c1ccccc1C1(C)CN(c2ccncc2)CCN1C1CC2(CCN(c3cc(Oc4cnc5[nH]ccc5c4)c(C(=O)NS(=O)(=O)c4ccc(NCC5(F)CCOCC5)c([N+](=O)[O-])c4)cc3F)CC2)C1. The van der Waals surface area contributed by atoms with Crippen LogP contribution in [0.2, 0.25) is 0 Å². The molecule has 1 amide bonds. The number of sulfonamides is 1. The summed E-state index contributed by atoms with van der Waals surface area (Å²) < 4.78 is 72.9. The van der Waals surface area contributed by atoms with Crippen molar-refractivity contribution in [1.29, 1.82) is 0 Å². The number of ether oxygens (including phenoxy) is 2. The fraction of sp³-hybridized carbons (Fsp3) is 0.415. The molecule has 3 saturated heterocycles. The standard InChI is InChI=1S/C53H59F2N9O7S/c1-35(2)41-6-4-5-7-43(41)51(3)34-62(37-11-17-56-18-12-37)22-23-63(51)38-30-52(31-38)13-20-61(21-14-52)46-29-48(71-39-26-36-10-19-57-49(36)58-32-39)42(28-44(46)54)50(65)60-72(68,69)40-8-9-45(47(27-40)64(66)67)59-33-53(55)15-24-70-25-16-53/h4-12,17-19,26-29,32,35,38,59H,13-16,20-25,30-31,33-34H2,1-3H3,(H,57,58)(H,60,65). The number of aromatic amines is 1. The average Bonchev–Trinajstić information content (AvgIpc) is 3.84. The summed E-state index contributed by atoms with van der Waals surface area (Å²) in [7, 11) is -4.78. The van der Waals surface area contributed by atoms with Crippen molar-refractivity contribution in [1.82, 2.24) is 24.6 Å². The molecule has 378 valence electrons. The topological polar surface area (TPSA) is 188 Å².